The summed E-state index contributed by atoms with van der Waals surface area (Å²) in [7, 11) is -4.29. The zero-order valence-corrected chi connectivity index (χ0v) is 17.3. The number of aryl methyl sites for hydroxylation is 1. The van der Waals surface area contributed by atoms with Gasteiger partial charge in [-0.05, 0) is 31.3 Å². The molecule has 9 nitrogen and oxygen atoms in total. The van der Waals surface area contributed by atoms with Crippen molar-refractivity contribution < 1.29 is 16.8 Å². The molecule has 1 aromatic heterocycles. The number of nitrogens with zero attached hydrogens (tertiary/aromatic N) is 3. The van der Waals surface area contributed by atoms with Crippen molar-refractivity contribution in [2.45, 2.75) is 15.8 Å². The smallest absolute Gasteiger partial charge is 0.243 e. The molecular formula is C15H22ClN5O4S2. The van der Waals surface area contributed by atoms with E-state index in [9.17, 15) is 16.8 Å². The van der Waals surface area contributed by atoms with Crippen molar-refractivity contribution in [2.24, 2.45) is 7.05 Å². The molecule has 1 unspecified atom stereocenters. The zero-order valence-electron chi connectivity index (χ0n) is 14.9. The molecule has 1 aliphatic heterocycles. The summed E-state index contributed by atoms with van der Waals surface area (Å²) < 4.78 is 55.3. The van der Waals surface area contributed by atoms with Gasteiger partial charge in [0.05, 0.1) is 15.8 Å². The van der Waals surface area contributed by atoms with E-state index >= 15 is 0 Å². The van der Waals surface area contributed by atoms with Gasteiger partial charge in [-0.25, -0.2) is 26.5 Å². The van der Waals surface area contributed by atoms with Crippen molar-refractivity contribution in [1.29, 1.82) is 0 Å². The van der Waals surface area contributed by atoms with Crippen LogP contribution in [-0.2, 0) is 27.1 Å². The number of hydrogen-bond acceptors (Lipinski definition) is 6. The second-order valence-electron chi connectivity index (χ2n) is 5.91. The van der Waals surface area contributed by atoms with Crippen molar-refractivity contribution in [1.82, 2.24) is 23.9 Å². The Balaban J connectivity index is 0.00000261. The second-order valence-corrected chi connectivity index (χ2v) is 9.69. The normalized spacial score (nSPS) is 18.8. The van der Waals surface area contributed by atoms with Crippen molar-refractivity contribution >= 4 is 32.5 Å². The minimum Gasteiger partial charge on any atom is -0.337 e. The molecule has 1 fully saturated rings. The highest BCUT2D eigenvalue weighted by Gasteiger charge is 2.36. The van der Waals surface area contributed by atoms with Gasteiger partial charge in [-0.1, -0.05) is 0 Å². The first kappa shape index (κ1) is 21.8. The van der Waals surface area contributed by atoms with Crippen LogP contribution >= 0.6 is 12.4 Å². The molecule has 1 aromatic carbocycles. The van der Waals surface area contributed by atoms with Crippen LogP contribution in [0.5, 0.6) is 0 Å². The van der Waals surface area contributed by atoms with Crippen LogP contribution in [0.15, 0.2) is 46.5 Å². The fourth-order valence-electron chi connectivity index (χ4n) is 2.94. The summed E-state index contributed by atoms with van der Waals surface area (Å²) in [5, 5.41) is 3.19. The van der Waals surface area contributed by atoms with Gasteiger partial charge in [0.2, 0.25) is 20.0 Å². The van der Waals surface area contributed by atoms with Crippen molar-refractivity contribution in [3.63, 3.8) is 0 Å². The van der Waals surface area contributed by atoms with Crippen LogP contribution in [0.3, 0.4) is 0 Å². The first-order chi connectivity index (χ1) is 12.3. The maximum absolute atomic E-state index is 13.1. The van der Waals surface area contributed by atoms with E-state index in [4.69, 9.17) is 0 Å². The van der Waals surface area contributed by atoms with Gasteiger partial charge in [0, 0.05) is 39.1 Å². The Labute approximate surface area is 165 Å². The third kappa shape index (κ3) is 4.18. The SMILES string of the molecule is CNS(=O)(=O)c1ccc(S(=O)(=O)N2CCNCC2c2nccn2C)cc1.Cl. The number of sulfonamides is 2. The monoisotopic (exact) mass is 435 g/mol. The maximum Gasteiger partial charge on any atom is 0.243 e. The molecule has 1 aliphatic rings. The number of nitrogens with one attached hydrogen (secondary N) is 2. The maximum atomic E-state index is 13.1. The average molecular weight is 436 g/mol. The van der Waals surface area contributed by atoms with E-state index in [-0.39, 0.29) is 22.2 Å². The van der Waals surface area contributed by atoms with Gasteiger partial charge in [-0.2, -0.15) is 4.31 Å². The molecule has 0 radical (unpaired) electrons. The van der Waals surface area contributed by atoms with E-state index in [1.165, 1.54) is 35.6 Å². The summed E-state index contributed by atoms with van der Waals surface area (Å²) in [4.78, 5) is 4.35. The lowest BCUT2D eigenvalue weighted by atomic mass is 10.2. The standard InChI is InChI=1S/C15H21N5O4S2.ClH/c1-16-25(21,22)12-3-5-13(6-4-12)26(23,24)20-10-7-17-11-14(20)15-18-8-9-19(15)2;/h3-6,8-9,14,16-17H,7,10-11H2,1-2H3;1H. The van der Waals surface area contributed by atoms with Crippen molar-refractivity contribution in [3.8, 4) is 0 Å². The molecular weight excluding hydrogens is 414 g/mol. The van der Waals surface area contributed by atoms with Gasteiger partial charge in [0.15, 0.2) is 0 Å². The molecule has 2 aromatic rings. The highest BCUT2D eigenvalue weighted by molar-refractivity contribution is 7.89. The van der Waals surface area contributed by atoms with Gasteiger partial charge in [0.1, 0.15) is 5.82 Å². The molecule has 2 N–H and O–H groups in total. The largest absolute Gasteiger partial charge is 0.337 e. The van der Waals surface area contributed by atoms with E-state index < -0.39 is 26.1 Å². The topological polar surface area (TPSA) is 113 Å². The number of halogens is 1. The summed E-state index contributed by atoms with van der Waals surface area (Å²) in [6.45, 7) is 1.29. The molecule has 27 heavy (non-hydrogen) atoms. The summed E-state index contributed by atoms with van der Waals surface area (Å²) in [6, 6.07) is 4.77. The molecule has 0 bridgehead atoms. The summed E-state index contributed by atoms with van der Waals surface area (Å²) in [6.07, 6.45) is 3.40. The minimum absolute atomic E-state index is 0. The third-order valence-corrected chi connectivity index (χ3v) is 7.71. The predicted molar refractivity (Wildman–Crippen MR) is 103 cm³/mol. The lowest BCUT2D eigenvalue weighted by Crippen LogP contribution is -2.49. The van der Waals surface area contributed by atoms with Crippen LogP contribution in [0.2, 0.25) is 0 Å². The molecule has 3 rings (SSSR count). The summed E-state index contributed by atoms with van der Waals surface area (Å²) >= 11 is 0. The first-order valence-electron chi connectivity index (χ1n) is 8.01. The second kappa shape index (κ2) is 8.25. The number of aromatic nitrogens is 2. The molecule has 12 heteroatoms. The fourth-order valence-corrected chi connectivity index (χ4v) is 5.25. The van der Waals surface area contributed by atoms with Crippen LogP contribution in [0.4, 0.5) is 0 Å². The molecule has 0 amide bonds. The Morgan fingerprint density at radius 2 is 1.78 bits per heavy atom. The molecule has 2 heterocycles. The number of rotatable bonds is 5. The number of piperazine rings is 1. The third-order valence-electron chi connectivity index (χ3n) is 4.36. The van der Waals surface area contributed by atoms with Gasteiger partial charge in [-0.15, -0.1) is 12.4 Å². The van der Waals surface area contributed by atoms with E-state index in [1.54, 1.807) is 17.0 Å². The van der Waals surface area contributed by atoms with Gasteiger partial charge < -0.3 is 9.88 Å². The number of imidazole rings is 1. The predicted octanol–water partition coefficient (Wildman–Crippen LogP) is 0.0852. The quantitative estimate of drug-likeness (QED) is 0.687. The van der Waals surface area contributed by atoms with Crippen molar-refractivity contribution in [2.75, 3.05) is 26.7 Å². The van der Waals surface area contributed by atoms with E-state index in [0.29, 0.717) is 25.5 Å². The zero-order chi connectivity index (χ0) is 18.9. The minimum atomic E-state index is -3.80. The molecule has 150 valence electrons. The molecule has 0 aliphatic carbocycles. The summed E-state index contributed by atoms with van der Waals surface area (Å²) in [5.41, 5.74) is 0. The van der Waals surface area contributed by atoms with Crippen LogP contribution in [-0.4, -0.2) is 57.4 Å². The summed E-state index contributed by atoms with van der Waals surface area (Å²) in [5.74, 6) is 0.648. The Morgan fingerprint density at radius 3 is 2.33 bits per heavy atom. The lowest BCUT2D eigenvalue weighted by Gasteiger charge is -2.34. The Kier molecular flexibility index (Phi) is 6.66. The Morgan fingerprint density at radius 1 is 1.15 bits per heavy atom. The van der Waals surface area contributed by atoms with Gasteiger partial charge in [0.25, 0.3) is 0 Å². The highest BCUT2D eigenvalue weighted by atomic mass is 35.5. The van der Waals surface area contributed by atoms with Crippen LogP contribution in [0, 0.1) is 0 Å². The first-order valence-corrected chi connectivity index (χ1v) is 10.9. The van der Waals surface area contributed by atoms with Crippen LogP contribution in [0.1, 0.15) is 11.9 Å². The average Bonchev–Trinajstić information content (AvgIpc) is 3.07. The van der Waals surface area contributed by atoms with E-state index in [2.05, 4.69) is 15.0 Å². The molecule has 0 spiro atoms. The van der Waals surface area contributed by atoms with Crippen LogP contribution < -0.4 is 10.0 Å². The molecule has 1 saturated heterocycles. The number of hydrogen-bond donors (Lipinski definition) is 2. The molecule has 0 saturated carbocycles. The lowest BCUT2D eigenvalue weighted by molar-refractivity contribution is 0.258. The van der Waals surface area contributed by atoms with E-state index in [0.717, 1.165) is 0 Å². The van der Waals surface area contributed by atoms with Gasteiger partial charge >= 0.3 is 0 Å². The number of benzene rings is 1. The van der Waals surface area contributed by atoms with Gasteiger partial charge in [-0.3, -0.25) is 0 Å². The van der Waals surface area contributed by atoms with E-state index in [1.807, 2.05) is 7.05 Å². The highest BCUT2D eigenvalue weighted by Crippen LogP contribution is 2.28. The van der Waals surface area contributed by atoms with Crippen molar-refractivity contribution in [3.05, 3.63) is 42.5 Å². The van der Waals surface area contributed by atoms with Crippen LogP contribution in [0.25, 0.3) is 0 Å². The Bertz CT molecular complexity index is 989. The fraction of sp³-hybridized carbons (Fsp3) is 0.400. The molecule has 1 atom stereocenters. The Hall–Kier alpha value is -1.50.